The number of nitrogens with one attached hydrogen (secondary N) is 1. The van der Waals surface area contributed by atoms with E-state index < -0.39 is 6.04 Å². The first-order chi connectivity index (χ1) is 19.1. The van der Waals surface area contributed by atoms with Crippen molar-refractivity contribution in [3.05, 3.63) is 130 Å². The Balaban J connectivity index is 1.51. The number of amidine groups is 2. The third kappa shape index (κ3) is 3.95. The van der Waals surface area contributed by atoms with Crippen molar-refractivity contribution in [1.82, 2.24) is 9.78 Å². The molecule has 39 heavy (non-hydrogen) atoms. The van der Waals surface area contributed by atoms with E-state index in [4.69, 9.17) is 15.1 Å². The summed E-state index contributed by atoms with van der Waals surface area (Å²) in [7, 11) is 0. The number of nitrogens with zero attached hydrogens (tertiary/aromatic N) is 5. The van der Waals surface area contributed by atoms with Crippen molar-refractivity contribution in [3.63, 3.8) is 0 Å². The Kier molecular flexibility index (Phi) is 5.63. The number of aryl methyl sites for hydroxylation is 1. The highest BCUT2D eigenvalue weighted by Gasteiger charge is 2.42. The topological polar surface area (TPSA) is 57.8 Å². The molecule has 8 heteroatoms. The molecule has 0 saturated heterocycles. The van der Waals surface area contributed by atoms with E-state index in [0.717, 1.165) is 38.5 Å². The third-order valence-corrected chi connectivity index (χ3v) is 7.47. The first kappa shape index (κ1) is 23.5. The lowest BCUT2D eigenvalue weighted by Crippen LogP contribution is -2.46. The predicted molar refractivity (Wildman–Crippen MR) is 157 cm³/mol. The molecule has 7 rings (SSSR count). The maximum absolute atomic E-state index is 15.6. The minimum Gasteiger partial charge on any atom is -0.337 e. The number of para-hydroxylation sites is 3. The summed E-state index contributed by atoms with van der Waals surface area (Å²) in [6.07, 6.45) is 0. The molecule has 1 aromatic heterocycles. The van der Waals surface area contributed by atoms with Gasteiger partial charge in [-0.2, -0.15) is 5.10 Å². The number of hydrogen-bond acceptors (Lipinski definition) is 5. The van der Waals surface area contributed by atoms with Gasteiger partial charge in [0.1, 0.15) is 5.82 Å². The second kappa shape index (κ2) is 9.32. The highest BCUT2D eigenvalue weighted by Crippen LogP contribution is 2.48. The summed E-state index contributed by atoms with van der Waals surface area (Å²) in [5, 5.41) is 8.36. The van der Waals surface area contributed by atoms with Crippen LogP contribution in [0.25, 0.3) is 5.69 Å². The molecule has 1 N–H and O–H groups in total. The van der Waals surface area contributed by atoms with E-state index in [2.05, 4.69) is 26.1 Å². The third-order valence-electron chi connectivity index (χ3n) is 6.95. The first-order valence-electron chi connectivity index (χ1n) is 12.6. The molecule has 5 aromatic rings. The number of anilines is 2. The summed E-state index contributed by atoms with van der Waals surface area (Å²) in [5.41, 5.74) is 5.54. The number of aliphatic imine (C=N–C) groups is 2. The van der Waals surface area contributed by atoms with Gasteiger partial charge in [-0.15, -0.1) is 0 Å². The molecule has 0 amide bonds. The van der Waals surface area contributed by atoms with Gasteiger partial charge in [-0.05, 0) is 61.5 Å². The number of aromatic nitrogens is 2. The number of benzene rings is 4. The minimum atomic E-state index is -0.510. The molecule has 1 atom stereocenters. The van der Waals surface area contributed by atoms with Crippen LogP contribution in [0.5, 0.6) is 0 Å². The Bertz CT molecular complexity index is 1780. The summed E-state index contributed by atoms with van der Waals surface area (Å²) < 4.78 is 18.4. The van der Waals surface area contributed by atoms with Crippen LogP contribution < -0.4 is 10.2 Å². The van der Waals surface area contributed by atoms with Crippen molar-refractivity contribution in [2.24, 2.45) is 9.98 Å². The fourth-order valence-corrected chi connectivity index (χ4v) is 5.47. The van der Waals surface area contributed by atoms with Gasteiger partial charge < -0.3 is 10.2 Å². The molecule has 0 unspecified atom stereocenters. The van der Waals surface area contributed by atoms with Crippen LogP contribution in [0.4, 0.5) is 27.3 Å². The van der Waals surface area contributed by atoms with Gasteiger partial charge in [0.05, 0.1) is 28.8 Å². The van der Waals surface area contributed by atoms with Crippen LogP contribution in [-0.2, 0) is 0 Å². The van der Waals surface area contributed by atoms with Crippen molar-refractivity contribution in [2.45, 2.75) is 13.0 Å². The lowest BCUT2D eigenvalue weighted by molar-refractivity contribution is 0.597. The fourth-order valence-electron chi connectivity index (χ4n) is 5.21. The number of hydrogen-bond donors (Lipinski definition) is 1. The molecule has 3 heterocycles. The Labute approximate surface area is 233 Å². The van der Waals surface area contributed by atoms with E-state index in [1.54, 1.807) is 6.07 Å². The maximum Gasteiger partial charge on any atom is 0.179 e. The predicted octanol–water partition coefficient (Wildman–Crippen LogP) is 7.88. The molecule has 0 fully saturated rings. The Hall–Kier alpha value is -4.56. The van der Waals surface area contributed by atoms with Crippen molar-refractivity contribution in [2.75, 3.05) is 10.2 Å². The highest BCUT2D eigenvalue weighted by atomic mass is 79.9. The van der Waals surface area contributed by atoms with Gasteiger partial charge in [-0.3, -0.25) is 0 Å². The number of fused-ring (bicyclic) bond motifs is 4. The van der Waals surface area contributed by atoms with Gasteiger partial charge in [0.2, 0.25) is 0 Å². The average Bonchev–Trinajstić information content (AvgIpc) is 3.30. The van der Waals surface area contributed by atoms with Crippen molar-refractivity contribution in [1.29, 1.82) is 0 Å². The minimum absolute atomic E-state index is 0.288. The van der Waals surface area contributed by atoms with Crippen LogP contribution in [0, 0.1) is 12.7 Å². The quantitative estimate of drug-likeness (QED) is 0.237. The van der Waals surface area contributed by atoms with Gasteiger partial charge in [0.25, 0.3) is 0 Å². The molecular weight excluding hydrogens is 555 g/mol. The SMILES string of the molecule is Cc1nn(-c2ccccc2)c2c1[C@H](c1ccccc1F)N1C(=N2)C(Nc2ccc(Br)cc2)=Nc2ccccc21. The van der Waals surface area contributed by atoms with Crippen LogP contribution in [0.15, 0.2) is 118 Å². The smallest absolute Gasteiger partial charge is 0.179 e. The monoisotopic (exact) mass is 576 g/mol. The normalized spacial score (nSPS) is 15.6. The van der Waals surface area contributed by atoms with E-state index in [1.165, 1.54) is 6.07 Å². The zero-order valence-electron chi connectivity index (χ0n) is 20.9. The molecule has 2 aliphatic heterocycles. The molecule has 0 aliphatic carbocycles. The summed E-state index contributed by atoms with van der Waals surface area (Å²) in [6, 6.07) is 32.0. The second-order valence-electron chi connectivity index (χ2n) is 9.38. The van der Waals surface area contributed by atoms with Gasteiger partial charge in [-0.25, -0.2) is 19.1 Å². The van der Waals surface area contributed by atoms with Gasteiger partial charge in [-0.1, -0.05) is 64.5 Å². The van der Waals surface area contributed by atoms with E-state index in [-0.39, 0.29) is 5.82 Å². The van der Waals surface area contributed by atoms with Gasteiger partial charge in [0, 0.05) is 21.3 Å². The molecule has 0 saturated carbocycles. The first-order valence-corrected chi connectivity index (χ1v) is 13.4. The number of rotatable bonds is 3. The number of halogens is 2. The lowest BCUT2D eigenvalue weighted by Gasteiger charge is -2.40. The highest BCUT2D eigenvalue weighted by molar-refractivity contribution is 9.10. The standard InChI is InChI=1S/C31H22BrFN6/c1-19-27-28(23-11-5-6-12-24(23)33)38-26-14-8-7-13-25(26)35-29(34-21-17-15-20(32)16-18-21)31(38)36-30(27)39(37-19)22-9-3-2-4-10-22/h2-18,28H,1H3,(H,34,35)/t28-/m0/s1. The summed E-state index contributed by atoms with van der Waals surface area (Å²) in [5.74, 6) is 1.53. The molecular formula is C31H22BrFN6. The molecule has 2 aliphatic rings. The molecule has 0 radical (unpaired) electrons. The van der Waals surface area contributed by atoms with Crippen LogP contribution in [0.3, 0.4) is 0 Å². The van der Waals surface area contributed by atoms with Crippen molar-refractivity contribution in [3.8, 4) is 5.69 Å². The Morgan fingerprint density at radius 1 is 0.821 bits per heavy atom. The van der Waals surface area contributed by atoms with Crippen LogP contribution in [0.1, 0.15) is 22.9 Å². The maximum atomic E-state index is 15.6. The Morgan fingerprint density at radius 2 is 1.54 bits per heavy atom. The molecule has 0 bridgehead atoms. The zero-order chi connectivity index (χ0) is 26.5. The van der Waals surface area contributed by atoms with Crippen molar-refractivity contribution >= 4 is 50.5 Å². The Morgan fingerprint density at radius 3 is 2.33 bits per heavy atom. The van der Waals surface area contributed by atoms with E-state index in [9.17, 15) is 0 Å². The summed E-state index contributed by atoms with van der Waals surface area (Å²) >= 11 is 3.50. The largest absolute Gasteiger partial charge is 0.337 e. The molecule has 190 valence electrons. The van der Waals surface area contributed by atoms with Crippen LogP contribution in [0.2, 0.25) is 0 Å². The molecule has 0 spiro atoms. The average molecular weight is 577 g/mol. The lowest BCUT2D eigenvalue weighted by atomic mass is 9.93. The van der Waals surface area contributed by atoms with Crippen molar-refractivity contribution < 1.29 is 4.39 Å². The van der Waals surface area contributed by atoms with Crippen LogP contribution >= 0.6 is 15.9 Å². The summed E-state index contributed by atoms with van der Waals surface area (Å²) in [6.45, 7) is 1.96. The molecule has 6 nitrogen and oxygen atoms in total. The van der Waals surface area contributed by atoms with Crippen LogP contribution in [-0.4, -0.2) is 21.5 Å². The van der Waals surface area contributed by atoms with Gasteiger partial charge >= 0.3 is 0 Å². The van der Waals surface area contributed by atoms with Gasteiger partial charge in [0.15, 0.2) is 17.5 Å². The zero-order valence-corrected chi connectivity index (χ0v) is 22.5. The second-order valence-corrected chi connectivity index (χ2v) is 10.3. The van der Waals surface area contributed by atoms with E-state index in [0.29, 0.717) is 23.1 Å². The fraction of sp³-hybridized carbons (Fsp3) is 0.0645. The summed E-state index contributed by atoms with van der Waals surface area (Å²) in [4.78, 5) is 12.2. The van der Waals surface area contributed by atoms with E-state index in [1.807, 2.05) is 103 Å². The van der Waals surface area contributed by atoms with E-state index >= 15 is 4.39 Å². The molecule has 4 aromatic carbocycles.